The molecule has 16 heavy (non-hydrogen) atoms. The van der Waals surface area contributed by atoms with Gasteiger partial charge in [0.05, 0.1) is 11.8 Å². The van der Waals surface area contributed by atoms with Gasteiger partial charge >= 0.3 is 0 Å². The van der Waals surface area contributed by atoms with Crippen molar-refractivity contribution >= 4 is 11.9 Å². The number of pyridine rings is 1. The fourth-order valence-electron chi connectivity index (χ4n) is 1.29. The van der Waals surface area contributed by atoms with Crippen molar-refractivity contribution in [3.8, 4) is 0 Å². The van der Waals surface area contributed by atoms with E-state index in [1.54, 1.807) is 42.6 Å². The Morgan fingerprint density at radius 1 is 1.44 bits per heavy atom. The van der Waals surface area contributed by atoms with Crippen LogP contribution in [0.3, 0.4) is 0 Å². The zero-order valence-electron chi connectivity index (χ0n) is 8.87. The molecule has 4 nitrogen and oxygen atoms in total. The summed E-state index contributed by atoms with van der Waals surface area (Å²) in [5.74, 6) is -0.0584. The quantitative estimate of drug-likeness (QED) is 0.576. The zero-order chi connectivity index (χ0) is 11.4. The molecule has 0 amide bonds. The molecular formula is C12H11N3O. The second-order valence-electron chi connectivity index (χ2n) is 3.39. The molecule has 2 aromatic rings. The summed E-state index contributed by atoms with van der Waals surface area (Å²) in [5, 5.41) is 3.94. The van der Waals surface area contributed by atoms with Crippen LogP contribution in [-0.2, 0) is 7.05 Å². The first kappa shape index (κ1) is 10.3. The number of hydrogen-bond donors (Lipinski definition) is 0. The molecule has 0 aliphatic heterocycles. The van der Waals surface area contributed by atoms with Crippen molar-refractivity contribution in [1.29, 1.82) is 0 Å². The second kappa shape index (κ2) is 4.53. The van der Waals surface area contributed by atoms with E-state index in [4.69, 9.17) is 0 Å². The molecule has 80 valence electrons. The Labute approximate surface area is 93.2 Å². The molecule has 0 N–H and O–H groups in total. The third-order valence-corrected chi connectivity index (χ3v) is 2.10. The fraction of sp³-hybridized carbons (Fsp3) is 0.0833. The molecule has 4 heteroatoms. The van der Waals surface area contributed by atoms with E-state index >= 15 is 0 Å². The molecule has 0 fully saturated rings. The molecule has 0 saturated heterocycles. The molecule has 2 aromatic heterocycles. The Kier molecular flexibility index (Phi) is 2.91. The van der Waals surface area contributed by atoms with E-state index in [9.17, 15) is 4.79 Å². The van der Waals surface area contributed by atoms with Crippen LogP contribution in [0.5, 0.6) is 0 Å². The van der Waals surface area contributed by atoms with Gasteiger partial charge in [0.15, 0.2) is 5.78 Å². The van der Waals surface area contributed by atoms with E-state index in [2.05, 4.69) is 10.1 Å². The molecule has 0 aliphatic carbocycles. The van der Waals surface area contributed by atoms with Gasteiger partial charge in [0, 0.05) is 25.6 Å². The number of allylic oxidation sites excluding steroid dienone is 1. The molecule has 0 atom stereocenters. The molecular weight excluding hydrogens is 202 g/mol. The first-order valence-electron chi connectivity index (χ1n) is 4.87. The van der Waals surface area contributed by atoms with Crippen LogP contribution in [0.25, 0.3) is 6.08 Å². The molecule has 2 rings (SSSR count). The maximum absolute atomic E-state index is 11.7. The van der Waals surface area contributed by atoms with E-state index in [-0.39, 0.29) is 5.78 Å². The number of carbonyl (C=O) groups is 1. The Balaban J connectivity index is 2.11. The lowest BCUT2D eigenvalue weighted by molar-refractivity contribution is 0.104. The van der Waals surface area contributed by atoms with Gasteiger partial charge < -0.3 is 0 Å². The lowest BCUT2D eigenvalue weighted by atomic mass is 10.2. The van der Waals surface area contributed by atoms with E-state index < -0.39 is 0 Å². The molecule has 0 aliphatic rings. The van der Waals surface area contributed by atoms with Crippen LogP contribution < -0.4 is 0 Å². The molecule has 2 heterocycles. The van der Waals surface area contributed by atoms with Gasteiger partial charge in [-0.3, -0.25) is 14.5 Å². The van der Waals surface area contributed by atoms with Crippen molar-refractivity contribution in [3.63, 3.8) is 0 Å². The second-order valence-corrected chi connectivity index (χ2v) is 3.39. The summed E-state index contributed by atoms with van der Waals surface area (Å²) in [7, 11) is 1.78. The summed E-state index contributed by atoms with van der Waals surface area (Å²) in [4.78, 5) is 15.6. The smallest absolute Gasteiger partial charge is 0.189 e. The topological polar surface area (TPSA) is 47.8 Å². The number of carbonyl (C=O) groups excluding carboxylic acids is 1. The number of aryl methyl sites for hydroxylation is 1. The molecule has 0 spiro atoms. The molecule has 0 radical (unpaired) electrons. The number of nitrogens with zero attached hydrogens (tertiary/aromatic N) is 3. The summed E-state index contributed by atoms with van der Waals surface area (Å²) < 4.78 is 1.60. The van der Waals surface area contributed by atoms with Crippen molar-refractivity contribution in [2.75, 3.05) is 0 Å². The first-order chi connectivity index (χ1) is 7.75. The predicted molar refractivity (Wildman–Crippen MR) is 60.8 cm³/mol. The summed E-state index contributed by atoms with van der Waals surface area (Å²) in [6.45, 7) is 0. The Morgan fingerprint density at radius 2 is 2.31 bits per heavy atom. The highest BCUT2D eigenvalue weighted by Gasteiger charge is 2.03. The van der Waals surface area contributed by atoms with Gasteiger partial charge in [-0.25, -0.2) is 0 Å². The predicted octanol–water partition coefficient (Wildman–Crippen LogP) is 1.71. The highest BCUT2D eigenvalue weighted by atomic mass is 16.1. The maximum atomic E-state index is 11.7. The summed E-state index contributed by atoms with van der Waals surface area (Å²) >= 11 is 0. The fourth-order valence-corrected chi connectivity index (χ4v) is 1.29. The minimum atomic E-state index is -0.0584. The van der Waals surface area contributed by atoms with E-state index in [0.29, 0.717) is 5.56 Å². The van der Waals surface area contributed by atoms with E-state index in [1.807, 2.05) is 12.1 Å². The van der Waals surface area contributed by atoms with Crippen LogP contribution in [-0.4, -0.2) is 20.5 Å². The van der Waals surface area contributed by atoms with E-state index in [1.165, 1.54) is 6.08 Å². The summed E-state index contributed by atoms with van der Waals surface area (Å²) in [6, 6.07) is 3.72. The molecule has 0 saturated carbocycles. The molecule has 0 aromatic carbocycles. The van der Waals surface area contributed by atoms with Crippen molar-refractivity contribution in [1.82, 2.24) is 14.8 Å². The lowest BCUT2D eigenvalue weighted by Gasteiger charge is -1.90. The van der Waals surface area contributed by atoms with E-state index in [0.717, 1.165) is 5.56 Å². The van der Waals surface area contributed by atoms with Crippen molar-refractivity contribution in [2.45, 2.75) is 0 Å². The van der Waals surface area contributed by atoms with Crippen molar-refractivity contribution in [2.24, 2.45) is 7.05 Å². The average molecular weight is 213 g/mol. The number of rotatable bonds is 3. The van der Waals surface area contributed by atoms with Crippen LogP contribution in [0.2, 0.25) is 0 Å². The first-order valence-corrected chi connectivity index (χ1v) is 4.87. The summed E-state index contributed by atoms with van der Waals surface area (Å²) in [5.41, 5.74) is 1.49. The van der Waals surface area contributed by atoms with Gasteiger partial charge in [0.2, 0.25) is 0 Å². The Hall–Kier alpha value is -2.23. The summed E-state index contributed by atoms with van der Waals surface area (Å²) in [6.07, 6.45) is 9.90. The highest BCUT2D eigenvalue weighted by Crippen LogP contribution is 2.03. The van der Waals surface area contributed by atoms with Gasteiger partial charge in [-0.05, 0) is 23.8 Å². The minimum absolute atomic E-state index is 0.0584. The van der Waals surface area contributed by atoms with Crippen molar-refractivity contribution in [3.05, 3.63) is 54.1 Å². The normalized spacial score (nSPS) is 10.8. The van der Waals surface area contributed by atoms with Gasteiger partial charge in [-0.1, -0.05) is 6.07 Å². The molecule has 0 unspecified atom stereocenters. The van der Waals surface area contributed by atoms with Crippen LogP contribution >= 0.6 is 0 Å². The Bertz CT molecular complexity index is 514. The third-order valence-electron chi connectivity index (χ3n) is 2.10. The van der Waals surface area contributed by atoms with Gasteiger partial charge in [0.25, 0.3) is 0 Å². The van der Waals surface area contributed by atoms with Gasteiger partial charge in [-0.2, -0.15) is 5.10 Å². The minimum Gasteiger partial charge on any atom is -0.289 e. The standard InChI is InChI=1S/C12H11N3O/c1-15-9-11(8-14-15)12(16)5-4-10-3-2-6-13-7-10/h2-9H,1H3/b5-4-. The van der Waals surface area contributed by atoms with Crippen LogP contribution in [0.15, 0.2) is 43.0 Å². The average Bonchev–Trinajstić information content (AvgIpc) is 2.74. The largest absolute Gasteiger partial charge is 0.289 e. The monoisotopic (exact) mass is 213 g/mol. The highest BCUT2D eigenvalue weighted by molar-refractivity contribution is 6.06. The number of aromatic nitrogens is 3. The molecule has 0 bridgehead atoms. The van der Waals surface area contributed by atoms with Crippen LogP contribution in [0.4, 0.5) is 0 Å². The zero-order valence-corrected chi connectivity index (χ0v) is 8.87. The Morgan fingerprint density at radius 3 is 2.94 bits per heavy atom. The maximum Gasteiger partial charge on any atom is 0.189 e. The third kappa shape index (κ3) is 2.42. The van der Waals surface area contributed by atoms with Crippen LogP contribution in [0, 0.1) is 0 Å². The van der Waals surface area contributed by atoms with Crippen molar-refractivity contribution < 1.29 is 4.79 Å². The van der Waals surface area contributed by atoms with Gasteiger partial charge in [0.1, 0.15) is 0 Å². The van der Waals surface area contributed by atoms with Gasteiger partial charge in [-0.15, -0.1) is 0 Å². The number of ketones is 1. The number of hydrogen-bond acceptors (Lipinski definition) is 3. The lowest BCUT2D eigenvalue weighted by Crippen LogP contribution is -1.91. The van der Waals surface area contributed by atoms with Crippen LogP contribution in [0.1, 0.15) is 15.9 Å². The SMILES string of the molecule is Cn1cc(C(=O)/C=C\c2cccnc2)cn1.